The van der Waals surface area contributed by atoms with Crippen molar-refractivity contribution in [3.63, 3.8) is 0 Å². The van der Waals surface area contributed by atoms with E-state index < -0.39 is 12.1 Å². The molecule has 0 aromatic heterocycles. The van der Waals surface area contributed by atoms with Gasteiger partial charge in [0.05, 0.1) is 0 Å². The van der Waals surface area contributed by atoms with Crippen LogP contribution in [0.2, 0.25) is 0 Å². The summed E-state index contributed by atoms with van der Waals surface area (Å²) in [5.41, 5.74) is 0.371. The lowest BCUT2D eigenvalue weighted by atomic mass is 10.2. The molecule has 16 heavy (non-hydrogen) atoms. The summed E-state index contributed by atoms with van der Waals surface area (Å²) >= 11 is 5.38. The molecule has 88 valence electrons. The van der Waals surface area contributed by atoms with Gasteiger partial charge in [-0.2, -0.15) is 0 Å². The fourth-order valence-electron chi connectivity index (χ4n) is 1.03. The molecule has 0 unspecified atom stereocenters. The van der Waals surface area contributed by atoms with Crippen molar-refractivity contribution in [2.75, 3.05) is 5.88 Å². The van der Waals surface area contributed by atoms with E-state index in [1.54, 1.807) is 6.08 Å². The SMILES string of the molecule is Oc1cc(OC(F)(F)F)ccc1C=CCCl. The highest BCUT2D eigenvalue weighted by atomic mass is 35.5. The molecule has 0 aliphatic rings. The fraction of sp³-hybridized carbons (Fsp3) is 0.200. The van der Waals surface area contributed by atoms with E-state index in [9.17, 15) is 18.3 Å². The molecule has 1 aromatic carbocycles. The summed E-state index contributed by atoms with van der Waals surface area (Å²) in [7, 11) is 0. The molecular formula is C10H8ClF3O2. The van der Waals surface area contributed by atoms with Crippen molar-refractivity contribution in [2.45, 2.75) is 6.36 Å². The first-order chi connectivity index (χ1) is 7.42. The van der Waals surface area contributed by atoms with Crippen LogP contribution in [0.1, 0.15) is 5.56 Å². The van der Waals surface area contributed by atoms with Crippen molar-refractivity contribution in [3.8, 4) is 11.5 Å². The quantitative estimate of drug-likeness (QED) is 0.834. The molecule has 0 fully saturated rings. The Bertz CT molecular complexity index is 388. The number of benzene rings is 1. The lowest BCUT2D eigenvalue weighted by molar-refractivity contribution is -0.274. The van der Waals surface area contributed by atoms with Gasteiger partial charge < -0.3 is 9.84 Å². The highest BCUT2D eigenvalue weighted by Crippen LogP contribution is 2.28. The van der Waals surface area contributed by atoms with Gasteiger partial charge in [0.1, 0.15) is 11.5 Å². The summed E-state index contributed by atoms with van der Waals surface area (Å²) in [6.45, 7) is 0. The van der Waals surface area contributed by atoms with E-state index in [0.717, 1.165) is 12.1 Å². The van der Waals surface area contributed by atoms with Crippen molar-refractivity contribution in [1.29, 1.82) is 0 Å². The molecule has 6 heteroatoms. The van der Waals surface area contributed by atoms with Crippen LogP contribution in [0.4, 0.5) is 13.2 Å². The number of hydrogen-bond donors (Lipinski definition) is 1. The molecule has 0 heterocycles. The maximum Gasteiger partial charge on any atom is 0.573 e. The van der Waals surface area contributed by atoms with Gasteiger partial charge in [0.25, 0.3) is 0 Å². The summed E-state index contributed by atoms with van der Waals surface area (Å²) in [4.78, 5) is 0. The Hall–Kier alpha value is -1.36. The number of ether oxygens (including phenoxy) is 1. The van der Waals surface area contributed by atoms with Gasteiger partial charge in [0.2, 0.25) is 0 Å². The van der Waals surface area contributed by atoms with E-state index >= 15 is 0 Å². The summed E-state index contributed by atoms with van der Waals surface area (Å²) in [6.07, 6.45) is -1.71. The smallest absolute Gasteiger partial charge is 0.507 e. The van der Waals surface area contributed by atoms with Gasteiger partial charge in [-0.05, 0) is 12.1 Å². The molecule has 0 amide bonds. The van der Waals surface area contributed by atoms with E-state index in [2.05, 4.69) is 4.74 Å². The second-order valence-corrected chi connectivity index (χ2v) is 3.13. The average molecular weight is 253 g/mol. The highest BCUT2D eigenvalue weighted by Gasteiger charge is 2.31. The Morgan fingerprint density at radius 1 is 1.38 bits per heavy atom. The van der Waals surface area contributed by atoms with Crippen LogP contribution in [-0.4, -0.2) is 17.3 Å². The highest BCUT2D eigenvalue weighted by molar-refractivity contribution is 6.19. The van der Waals surface area contributed by atoms with Crippen LogP contribution < -0.4 is 4.74 Å². The van der Waals surface area contributed by atoms with Crippen molar-refractivity contribution in [3.05, 3.63) is 29.8 Å². The zero-order valence-corrected chi connectivity index (χ0v) is 8.72. The second-order valence-electron chi connectivity index (χ2n) is 2.83. The number of phenolic OH excluding ortho intramolecular Hbond substituents is 1. The third kappa shape index (κ3) is 4.02. The summed E-state index contributed by atoms with van der Waals surface area (Å²) in [5.74, 6) is -0.517. The molecule has 0 radical (unpaired) electrons. The first-order valence-electron chi connectivity index (χ1n) is 4.23. The molecule has 0 bridgehead atoms. The molecule has 0 aliphatic heterocycles. The van der Waals surface area contributed by atoms with Crippen LogP contribution in [0, 0.1) is 0 Å². The number of alkyl halides is 4. The minimum atomic E-state index is -4.76. The average Bonchev–Trinajstić information content (AvgIpc) is 2.14. The Labute approximate surface area is 94.9 Å². The van der Waals surface area contributed by atoms with E-state index in [1.807, 2.05) is 0 Å². The van der Waals surface area contributed by atoms with Gasteiger partial charge in [-0.1, -0.05) is 12.2 Å². The minimum absolute atomic E-state index is 0.250. The topological polar surface area (TPSA) is 29.5 Å². The van der Waals surface area contributed by atoms with Gasteiger partial charge in [-0.3, -0.25) is 0 Å². The van der Waals surface area contributed by atoms with Gasteiger partial charge in [0, 0.05) is 17.5 Å². The monoisotopic (exact) mass is 252 g/mol. The van der Waals surface area contributed by atoms with Crippen molar-refractivity contribution in [1.82, 2.24) is 0 Å². The Balaban J connectivity index is 2.87. The van der Waals surface area contributed by atoms with E-state index in [-0.39, 0.29) is 11.6 Å². The van der Waals surface area contributed by atoms with Gasteiger partial charge in [0.15, 0.2) is 0 Å². The number of hydrogen-bond acceptors (Lipinski definition) is 2. The molecule has 2 nitrogen and oxygen atoms in total. The van der Waals surface area contributed by atoms with E-state index in [1.165, 1.54) is 12.1 Å². The number of rotatable bonds is 3. The zero-order chi connectivity index (χ0) is 12.2. The first-order valence-corrected chi connectivity index (χ1v) is 4.77. The molecule has 1 rings (SSSR count). The van der Waals surface area contributed by atoms with Crippen LogP contribution in [0.3, 0.4) is 0 Å². The molecule has 0 saturated heterocycles. The number of phenols is 1. The molecule has 0 atom stereocenters. The molecule has 0 saturated carbocycles. The van der Waals surface area contributed by atoms with Crippen LogP contribution in [0.25, 0.3) is 6.08 Å². The number of allylic oxidation sites excluding steroid dienone is 1. The van der Waals surface area contributed by atoms with Crippen LogP contribution >= 0.6 is 11.6 Å². The molecule has 1 aromatic rings. The van der Waals surface area contributed by atoms with Gasteiger partial charge in [-0.25, -0.2) is 0 Å². The fourth-order valence-corrected chi connectivity index (χ4v) is 1.12. The van der Waals surface area contributed by atoms with Crippen molar-refractivity contribution in [2.24, 2.45) is 0 Å². The van der Waals surface area contributed by atoms with Crippen LogP contribution in [0.15, 0.2) is 24.3 Å². The summed E-state index contributed by atoms with van der Waals surface area (Å²) in [6, 6.07) is 3.31. The maximum absolute atomic E-state index is 11.8. The standard InChI is InChI=1S/C10H8ClF3O2/c11-5-1-2-7-3-4-8(6-9(7)15)16-10(12,13)14/h1-4,6,15H,5H2. The molecule has 1 N–H and O–H groups in total. The second kappa shape index (κ2) is 5.12. The van der Waals surface area contributed by atoms with Crippen LogP contribution in [0.5, 0.6) is 11.5 Å². The Kier molecular flexibility index (Phi) is 4.06. The Morgan fingerprint density at radius 2 is 2.06 bits per heavy atom. The van der Waals surface area contributed by atoms with Crippen molar-refractivity contribution < 1.29 is 23.0 Å². The molecule has 0 spiro atoms. The molecule has 0 aliphatic carbocycles. The third-order valence-electron chi connectivity index (χ3n) is 1.62. The van der Waals surface area contributed by atoms with Crippen LogP contribution in [-0.2, 0) is 0 Å². The van der Waals surface area contributed by atoms with E-state index in [0.29, 0.717) is 5.56 Å². The zero-order valence-electron chi connectivity index (χ0n) is 7.96. The van der Waals surface area contributed by atoms with Crippen molar-refractivity contribution >= 4 is 17.7 Å². The molecular weight excluding hydrogens is 245 g/mol. The number of aromatic hydroxyl groups is 1. The maximum atomic E-state index is 11.8. The lowest BCUT2D eigenvalue weighted by Gasteiger charge is -2.09. The normalized spacial score (nSPS) is 12.0. The first kappa shape index (κ1) is 12.7. The largest absolute Gasteiger partial charge is 0.573 e. The van der Waals surface area contributed by atoms with E-state index in [4.69, 9.17) is 11.6 Å². The predicted molar refractivity (Wildman–Crippen MR) is 54.5 cm³/mol. The lowest BCUT2D eigenvalue weighted by Crippen LogP contribution is -2.16. The predicted octanol–water partition coefficient (Wildman–Crippen LogP) is 3.54. The van der Waals surface area contributed by atoms with Gasteiger partial charge >= 0.3 is 6.36 Å². The summed E-state index contributed by atoms with van der Waals surface area (Å²) in [5, 5.41) is 9.37. The Morgan fingerprint density at radius 3 is 2.56 bits per heavy atom. The van der Waals surface area contributed by atoms with Gasteiger partial charge in [-0.15, -0.1) is 24.8 Å². The minimum Gasteiger partial charge on any atom is -0.507 e. The third-order valence-corrected chi connectivity index (χ3v) is 1.80. The number of halogens is 4. The summed E-state index contributed by atoms with van der Waals surface area (Å²) < 4.78 is 39.2.